The van der Waals surface area contributed by atoms with Gasteiger partial charge in [0.15, 0.2) is 0 Å². The molecule has 0 bridgehead atoms. The first-order valence-corrected chi connectivity index (χ1v) is 7.56. The summed E-state index contributed by atoms with van der Waals surface area (Å²) < 4.78 is 25.3. The van der Waals surface area contributed by atoms with Crippen molar-refractivity contribution < 1.29 is 18.6 Å². The van der Waals surface area contributed by atoms with Gasteiger partial charge in [-0.3, -0.25) is 0 Å². The quantitative estimate of drug-likeness (QED) is 0.892. The van der Waals surface area contributed by atoms with E-state index in [2.05, 4.69) is 0 Å². The molecule has 2 N–H and O–H groups in total. The van der Waals surface area contributed by atoms with Gasteiger partial charge in [0.25, 0.3) is 0 Å². The van der Waals surface area contributed by atoms with Crippen LogP contribution in [0.4, 0.5) is 0 Å². The Bertz CT molecular complexity index is 777. The molecule has 2 aromatic rings. The van der Waals surface area contributed by atoms with Gasteiger partial charge >= 0.3 is 0 Å². The van der Waals surface area contributed by atoms with Crippen LogP contribution in [0.1, 0.15) is 16.7 Å². The smallest absolute Gasteiger partial charge is 0.210 e. The predicted octanol–water partition coefficient (Wildman–Crippen LogP) is 2.86. The molecule has 0 aliphatic heterocycles. The molecule has 20 heavy (non-hydrogen) atoms. The molecule has 5 heteroatoms. The Morgan fingerprint density at radius 3 is 2.10 bits per heavy atom. The fourth-order valence-electron chi connectivity index (χ4n) is 2.02. The van der Waals surface area contributed by atoms with E-state index in [1.807, 2.05) is 0 Å². The van der Waals surface area contributed by atoms with Crippen LogP contribution >= 0.6 is 0 Å². The number of rotatable bonds is 2. The molecule has 106 valence electrons. The largest absolute Gasteiger partial charge is 0.508 e. The number of hydrogen-bond acceptors (Lipinski definition) is 4. The third-order valence-corrected chi connectivity index (χ3v) is 5.11. The summed E-state index contributed by atoms with van der Waals surface area (Å²) in [7, 11) is -3.82. The summed E-state index contributed by atoms with van der Waals surface area (Å²) in [4.78, 5) is -0.0283. The highest BCUT2D eigenvalue weighted by atomic mass is 32.2. The fraction of sp³-hybridized carbons (Fsp3) is 0.200. The summed E-state index contributed by atoms with van der Waals surface area (Å²) in [5.41, 5.74) is 1.66. The first kappa shape index (κ1) is 14.4. The number of benzene rings is 2. The number of sulfone groups is 1. The van der Waals surface area contributed by atoms with E-state index < -0.39 is 9.84 Å². The molecule has 0 saturated carbocycles. The minimum Gasteiger partial charge on any atom is -0.508 e. The third kappa shape index (κ3) is 2.36. The molecule has 0 fully saturated rings. The Morgan fingerprint density at radius 1 is 0.800 bits per heavy atom. The zero-order valence-corrected chi connectivity index (χ0v) is 12.3. The minimum atomic E-state index is -3.82. The van der Waals surface area contributed by atoms with Crippen LogP contribution in [-0.2, 0) is 9.84 Å². The van der Waals surface area contributed by atoms with Crippen molar-refractivity contribution in [3.63, 3.8) is 0 Å². The van der Waals surface area contributed by atoms with Crippen molar-refractivity contribution in [2.24, 2.45) is 0 Å². The molecule has 0 aromatic heterocycles. The zero-order chi connectivity index (χ0) is 15.1. The van der Waals surface area contributed by atoms with Crippen LogP contribution in [0.2, 0.25) is 0 Å². The molecule has 2 rings (SSSR count). The van der Waals surface area contributed by atoms with Crippen molar-refractivity contribution in [3.8, 4) is 11.5 Å². The molecular weight excluding hydrogens is 276 g/mol. The lowest BCUT2D eigenvalue weighted by Crippen LogP contribution is -2.05. The maximum Gasteiger partial charge on any atom is 0.210 e. The molecule has 0 aliphatic carbocycles. The molecule has 0 heterocycles. The lowest BCUT2D eigenvalue weighted by atomic mass is 10.1. The molecule has 0 radical (unpaired) electrons. The number of aryl methyl sites for hydroxylation is 3. The average Bonchev–Trinajstić information content (AvgIpc) is 2.36. The summed E-state index contributed by atoms with van der Waals surface area (Å²) in [6.45, 7) is 5.00. The number of aromatic hydroxyl groups is 2. The van der Waals surface area contributed by atoms with Crippen LogP contribution in [0.15, 0.2) is 40.1 Å². The third-order valence-electron chi connectivity index (χ3n) is 3.19. The Morgan fingerprint density at radius 2 is 1.45 bits per heavy atom. The maximum absolute atomic E-state index is 12.6. The molecule has 4 nitrogen and oxygen atoms in total. The van der Waals surface area contributed by atoms with Gasteiger partial charge in [0.2, 0.25) is 9.84 Å². The van der Waals surface area contributed by atoms with Gasteiger partial charge in [-0.2, -0.15) is 0 Å². The predicted molar refractivity (Wildman–Crippen MR) is 75.9 cm³/mol. The molecular formula is C15H16O4S. The number of hydrogen-bond donors (Lipinski definition) is 2. The van der Waals surface area contributed by atoms with Crippen LogP contribution in [0.25, 0.3) is 0 Å². The van der Waals surface area contributed by atoms with E-state index in [-0.39, 0.29) is 21.3 Å². The van der Waals surface area contributed by atoms with E-state index in [0.29, 0.717) is 11.1 Å². The van der Waals surface area contributed by atoms with E-state index in [0.717, 1.165) is 5.56 Å². The highest BCUT2D eigenvalue weighted by molar-refractivity contribution is 7.91. The molecule has 0 aliphatic rings. The second-order valence-electron chi connectivity index (χ2n) is 4.88. The van der Waals surface area contributed by atoms with Gasteiger partial charge in [-0.25, -0.2) is 8.42 Å². The SMILES string of the molecule is Cc1ccc(O)c(S(=O)(=O)c2cc(C)c(O)cc2C)c1. The average molecular weight is 292 g/mol. The van der Waals surface area contributed by atoms with Gasteiger partial charge in [0.1, 0.15) is 16.4 Å². The first-order valence-electron chi connectivity index (χ1n) is 6.08. The topological polar surface area (TPSA) is 74.6 Å². The van der Waals surface area contributed by atoms with Crippen LogP contribution in [0, 0.1) is 20.8 Å². The van der Waals surface area contributed by atoms with Gasteiger partial charge in [-0.15, -0.1) is 0 Å². The lowest BCUT2D eigenvalue weighted by molar-refractivity contribution is 0.458. The Hall–Kier alpha value is -2.01. The van der Waals surface area contributed by atoms with Gasteiger partial charge in [0, 0.05) is 0 Å². The highest BCUT2D eigenvalue weighted by Gasteiger charge is 2.24. The van der Waals surface area contributed by atoms with Crippen LogP contribution in [0.3, 0.4) is 0 Å². The standard InChI is InChI=1S/C15H16O4S/c1-9-4-5-12(16)15(6-9)20(18,19)14-8-10(2)13(17)7-11(14)3/h4-8,16-17H,1-3H3. The van der Waals surface area contributed by atoms with Gasteiger partial charge in [0.05, 0.1) is 4.90 Å². The van der Waals surface area contributed by atoms with E-state index in [1.54, 1.807) is 26.8 Å². The molecule has 0 atom stereocenters. The summed E-state index contributed by atoms with van der Waals surface area (Å²) >= 11 is 0. The molecule has 0 saturated heterocycles. The summed E-state index contributed by atoms with van der Waals surface area (Å²) in [5.74, 6) is -0.226. The van der Waals surface area contributed by atoms with Crippen molar-refractivity contribution in [1.29, 1.82) is 0 Å². The Labute approximate surface area is 118 Å². The number of phenols is 2. The normalized spacial score (nSPS) is 11.6. The van der Waals surface area contributed by atoms with Crippen molar-refractivity contribution in [3.05, 3.63) is 47.0 Å². The number of phenolic OH excluding ortho intramolecular Hbond substituents is 2. The molecule has 0 unspecified atom stereocenters. The lowest BCUT2D eigenvalue weighted by Gasteiger charge is -2.12. The fourth-order valence-corrected chi connectivity index (χ4v) is 3.76. The second kappa shape index (κ2) is 4.83. The first-order chi connectivity index (χ1) is 9.23. The summed E-state index contributed by atoms with van der Waals surface area (Å²) in [5, 5.41) is 19.4. The van der Waals surface area contributed by atoms with E-state index in [4.69, 9.17) is 0 Å². The van der Waals surface area contributed by atoms with Crippen LogP contribution in [0.5, 0.6) is 11.5 Å². The van der Waals surface area contributed by atoms with Crippen molar-refractivity contribution in [2.75, 3.05) is 0 Å². The minimum absolute atomic E-state index is 0.0508. The van der Waals surface area contributed by atoms with Crippen LogP contribution in [-0.4, -0.2) is 18.6 Å². The van der Waals surface area contributed by atoms with E-state index in [9.17, 15) is 18.6 Å². The Kier molecular flexibility index (Phi) is 3.48. The summed E-state index contributed by atoms with van der Waals surface area (Å²) in [6, 6.07) is 7.28. The summed E-state index contributed by atoms with van der Waals surface area (Å²) in [6.07, 6.45) is 0. The second-order valence-corrected chi connectivity index (χ2v) is 6.77. The molecule has 0 amide bonds. The van der Waals surface area contributed by atoms with Crippen LogP contribution < -0.4 is 0 Å². The Balaban J connectivity index is 2.73. The zero-order valence-electron chi connectivity index (χ0n) is 11.5. The van der Waals surface area contributed by atoms with Crippen molar-refractivity contribution in [2.45, 2.75) is 30.6 Å². The van der Waals surface area contributed by atoms with E-state index >= 15 is 0 Å². The molecule has 2 aromatic carbocycles. The molecule has 0 spiro atoms. The monoisotopic (exact) mass is 292 g/mol. The van der Waals surface area contributed by atoms with Gasteiger partial charge < -0.3 is 10.2 Å². The highest BCUT2D eigenvalue weighted by Crippen LogP contribution is 2.33. The van der Waals surface area contributed by atoms with Crippen molar-refractivity contribution >= 4 is 9.84 Å². The van der Waals surface area contributed by atoms with Crippen molar-refractivity contribution in [1.82, 2.24) is 0 Å². The van der Waals surface area contributed by atoms with Gasteiger partial charge in [-0.1, -0.05) is 6.07 Å². The maximum atomic E-state index is 12.6. The van der Waals surface area contributed by atoms with E-state index in [1.165, 1.54) is 24.3 Å². The van der Waals surface area contributed by atoms with Gasteiger partial charge in [-0.05, 0) is 61.7 Å².